The third-order valence-electron chi connectivity index (χ3n) is 1.76. The highest BCUT2D eigenvalue weighted by molar-refractivity contribution is 5.43. The zero-order valence-electron chi connectivity index (χ0n) is 7.46. The molecule has 0 saturated carbocycles. The van der Waals surface area contributed by atoms with Crippen molar-refractivity contribution >= 4 is 0 Å². The van der Waals surface area contributed by atoms with Gasteiger partial charge in [0.05, 0.1) is 0 Å². The summed E-state index contributed by atoms with van der Waals surface area (Å²) < 4.78 is 0. The molecule has 0 saturated heterocycles. The summed E-state index contributed by atoms with van der Waals surface area (Å²) in [6.07, 6.45) is 1.35. The van der Waals surface area contributed by atoms with Crippen LogP contribution in [0.1, 0.15) is 5.56 Å². The van der Waals surface area contributed by atoms with Crippen LogP contribution in [0.15, 0.2) is 30.4 Å². The van der Waals surface area contributed by atoms with Crippen molar-refractivity contribution in [2.24, 2.45) is 0 Å². The van der Waals surface area contributed by atoms with Gasteiger partial charge in [-0.15, -0.1) is 0 Å². The van der Waals surface area contributed by atoms with Crippen LogP contribution in [0.4, 0.5) is 0 Å². The topological polar surface area (TPSA) is 80.9 Å². The summed E-state index contributed by atoms with van der Waals surface area (Å²) in [5.74, 6) is -0.0239. The molecule has 0 heterocycles. The summed E-state index contributed by atoms with van der Waals surface area (Å²) in [6, 6.07) is 4.44. The van der Waals surface area contributed by atoms with E-state index in [-0.39, 0.29) is 17.9 Å². The van der Waals surface area contributed by atoms with E-state index in [1.807, 2.05) is 0 Å². The lowest BCUT2D eigenvalue weighted by Crippen LogP contribution is -1.97. The third kappa shape index (κ3) is 2.76. The molecule has 4 N–H and O–H groups in total. The largest absolute Gasteiger partial charge is 0.508 e. The molecule has 76 valence electrons. The molecule has 0 aliphatic heterocycles. The van der Waals surface area contributed by atoms with Gasteiger partial charge in [-0.05, 0) is 24.6 Å². The Bertz CT molecular complexity index is 311. The van der Waals surface area contributed by atoms with Crippen LogP contribution in [0.3, 0.4) is 0 Å². The van der Waals surface area contributed by atoms with Crippen LogP contribution in [0.25, 0.3) is 0 Å². The molecule has 1 rings (SSSR count). The summed E-state index contributed by atoms with van der Waals surface area (Å²) in [7, 11) is 0. The Hall–Kier alpha value is -1.52. The average Bonchev–Trinajstić information content (AvgIpc) is 2.09. The molecule has 0 radical (unpaired) electrons. The second-order valence-corrected chi connectivity index (χ2v) is 2.82. The molecule has 0 amide bonds. The van der Waals surface area contributed by atoms with E-state index < -0.39 is 6.29 Å². The molecule has 0 fully saturated rings. The minimum atomic E-state index is -1.51. The summed E-state index contributed by atoms with van der Waals surface area (Å²) in [5.41, 5.74) is 0.365. The van der Waals surface area contributed by atoms with Crippen molar-refractivity contribution in [2.75, 3.05) is 0 Å². The maximum atomic E-state index is 9.34. The fraction of sp³-hybridized carbons (Fsp3) is 0.200. The predicted molar refractivity (Wildman–Crippen MR) is 50.8 cm³/mol. The van der Waals surface area contributed by atoms with Crippen LogP contribution in [-0.4, -0.2) is 26.7 Å². The molecule has 0 aliphatic carbocycles. The highest BCUT2D eigenvalue weighted by atomic mass is 16.5. The van der Waals surface area contributed by atoms with Crippen LogP contribution in [0.2, 0.25) is 0 Å². The maximum absolute atomic E-state index is 9.34. The minimum absolute atomic E-state index is 0.0120. The summed E-state index contributed by atoms with van der Waals surface area (Å²) in [4.78, 5) is 0. The van der Waals surface area contributed by atoms with Gasteiger partial charge in [-0.1, -0.05) is 12.1 Å². The van der Waals surface area contributed by atoms with E-state index in [4.69, 9.17) is 10.2 Å². The summed E-state index contributed by atoms with van der Waals surface area (Å²) >= 11 is 0. The van der Waals surface area contributed by atoms with Gasteiger partial charge < -0.3 is 20.4 Å². The van der Waals surface area contributed by atoms with Gasteiger partial charge in [0.1, 0.15) is 11.5 Å². The average molecular weight is 196 g/mol. The molecule has 1 aromatic carbocycles. The predicted octanol–water partition coefficient (Wildman–Crippen LogP) is 0.507. The molecular formula is C10H12O4. The SMILES string of the molecule is Oc1cccc(O)c1CC=CC(O)O. The fourth-order valence-corrected chi connectivity index (χ4v) is 1.08. The zero-order chi connectivity index (χ0) is 10.6. The van der Waals surface area contributed by atoms with E-state index >= 15 is 0 Å². The highest BCUT2D eigenvalue weighted by Crippen LogP contribution is 2.26. The Morgan fingerprint density at radius 1 is 1.14 bits per heavy atom. The molecule has 0 aromatic heterocycles. The fourth-order valence-electron chi connectivity index (χ4n) is 1.08. The van der Waals surface area contributed by atoms with Gasteiger partial charge in [-0.2, -0.15) is 0 Å². The van der Waals surface area contributed by atoms with Crippen LogP contribution in [0, 0.1) is 0 Å². The quantitative estimate of drug-likeness (QED) is 0.419. The van der Waals surface area contributed by atoms with Gasteiger partial charge in [0.25, 0.3) is 0 Å². The second kappa shape index (κ2) is 4.64. The first-order valence-corrected chi connectivity index (χ1v) is 4.14. The van der Waals surface area contributed by atoms with Gasteiger partial charge in [-0.25, -0.2) is 0 Å². The van der Waals surface area contributed by atoms with Crippen molar-refractivity contribution in [1.82, 2.24) is 0 Å². The van der Waals surface area contributed by atoms with E-state index in [0.29, 0.717) is 5.56 Å². The smallest absolute Gasteiger partial charge is 0.171 e. The van der Waals surface area contributed by atoms with Crippen molar-refractivity contribution < 1.29 is 20.4 Å². The van der Waals surface area contributed by atoms with Crippen LogP contribution in [-0.2, 0) is 6.42 Å². The standard InChI is InChI=1S/C10H12O4/c11-8-4-2-5-9(12)7(8)3-1-6-10(13)14/h1-2,4-6,10-14H,3H2. The number of aliphatic hydroxyl groups excluding tert-OH is 1. The Morgan fingerprint density at radius 3 is 2.21 bits per heavy atom. The van der Waals surface area contributed by atoms with Crippen LogP contribution in [0.5, 0.6) is 11.5 Å². The molecule has 4 heteroatoms. The minimum Gasteiger partial charge on any atom is -0.508 e. The van der Waals surface area contributed by atoms with Gasteiger partial charge in [0.15, 0.2) is 6.29 Å². The number of benzene rings is 1. The first kappa shape index (κ1) is 10.6. The maximum Gasteiger partial charge on any atom is 0.171 e. The third-order valence-corrected chi connectivity index (χ3v) is 1.76. The number of hydrogen-bond acceptors (Lipinski definition) is 4. The zero-order valence-corrected chi connectivity index (χ0v) is 7.46. The molecule has 0 atom stereocenters. The van der Waals surface area contributed by atoms with Crippen molar-refractivity contribution in [3.05, 3.63) is 35.9 Å². The molecule has 0 spiro atoms. The van der Waals surface area contributed by atoms with E-state index in [2.05, 4.69) is 0 Å². The number of rotatable bonds is 3. The van der Waals surface area contributed by atoms with Gasteiger partial charge in [0, 0.05) is 5.56 Å². The van der Waals surface area contributed by atoms with E-state index in [9.17, 15) is 10.2 Å². The van der Waals surface area contributed by atoms with Crippen molar-refractivity contribution in [1.29, 1.82) is 0 Å². The lowest BCUT2D eigenvalue weighted by molar-refractivity contribution is 0.00220. The highest BCUT2D eigenvalue weighted by Gasteiger charge is 2.04. The molecule has 1 aromatic rings. The number of aromatic hydroxyl groups is 2. The Kier molecular flexibility index (Phi) is 3.50. The molecule has 0 bridgehead atoms. The number of phenols is 2. The van der Waals surface area contributed by atoms with Gasteiger partial charge in [0.2, 0.25) is 0 Å². The van der Waals surface area contributed by atoms with Gasteiger partial charge >= 0.3 is 0 Å². The molecule has 4 nitrogen and oxygen atoms in total. The summed E-state index contributed by atoms with van der Waals surface area (Å²) in [6.45, 7) is 0. The Balaban J connectivity index is 2.76. The second-order valence-electron chi connectivity index (χ2n) is 2.82. The van der Waals surface area contributed by atoms with Crippen LogP contribution >= 0.6 is 0 Å². The van der Waals surface area contributed by atoms with Gasteiger partial charge in [-0.3, -0.25) is 0 Å². The Morgan fingerprint density at radius 2 is 1.71 bits per heavy atom. The van der Waals surface area contributed by atoms with Crippen LogP contribution < -0.4 is 0 Å². The van der Waals surface area contributed by atoms with Crippen molar-refractivity contribution in [2.45, 2.75) is 12.7 Å². The number of allylic oxidation sites excluding steroid dienone is 1. The van der Waals surface area contributed by atoms with Crippen molar-refractivity contribution in [3.63, 3.8) is 0 Å². The molecule has 0 aliphatic rings. The number of hydrogen-bond donors (Lipinski definition) is 4. The molecule has 14 heavy (non-hydrogen) atoms. The van der Waals surface area contributed by atoms with E-state index in [1.54, 1.807) is 0 Å². The first-order chi connectivity index (χ1) is 6.61. The lowest BCUT2D eigenvalue weighted by atomic mass is 10.1. The lowest BCUT2D eigenvalue weighted by Gasteiger charge is -2.03. The Labute approximate surface area is 81.4 Å². The molecular weight excluding hydrogens is 184 g/mol. The monoisotopic (exact) mass is 196 g/mol. The normalized spacial score (nSPS) is 11.4. The van der Waals surface area contributed by atoms with Crippen molar-refractivity contribution in [3.8, 4) is 11.5 Å². The number of phenolic OH excluding ortho intramolecular Hbond substituents is 2. The number of aliphatic hydroxyl groups is 2. The van der Waals surface area contributed by atoms with E-state index in [1.165, 1.54) is 24.3 Å². The molecule has 0 unspecified atom stereocenters. The van der Waals surface area contributed by atoms with E-state index in [0.717, 1.165) is 6.08 Å². The first-order valence-electron chi connectivity index (χ1n) is 4.14. The summed E-state index contributed by atoms with van der Waals surface area (Å²) in [5, 5.41) is 35.7.